The number of rotatable bonds is 10. The van der Waals surface area contributed by atoms with E-state index in [4.69, 9.17) is 14.5 Å². The molecule has 1 amide bonds. The lowest BCUT2D eigenvalue weighted by atomic mass is 10.1. The van der Waals surface area contributed by atoms with Crippen LogP contribution < -0.4 is 14.8 Å². The maximum Gasteiger partial charge on any atom is 0.258 e. The van der Waals surface area contributed by atoms with Crippen LogP contribution in [0.5, 0.6) is 11.5 Å². The van der Waals surface area contributed by atoms with E-state index >= 15 is 0 Å². The second-order valence-electron chi connectivity index (χ2n) is 9.48. The Morgan fingerprint density at radius 3 is 2.47 bits per heavy atom. The fraction of sp³-hybridized carbons (Fsp3) is 0.333. The van der Waals surface area contributed by atoms with Gasteiger partial charge in [0, 0.05) is 6.54 Å². The number of hydrogen-bond acceptors (Lipinski definition) is 4. The lowest BCUT2D eigenvalue weighted by Crippen LogP contribution is -2.32. The van der Waals surface area contributed by atoms with Crippen LogP contribution in [0.1, 0.15) is 47.5 Å². The summed E-state index contributed by atoms with van der Waals surface area (Å²) in [5.41, 5.74) is 6.45. The van der Waals surface area contributed by atoms with E-state index < -0.39 is 0 Å². The Balaban J connectivity index is 1.40. The zero-order valence-electron chi connectivity index (χ0n) is 21.8. The molecular formula is C30H35N3O3. The summed E-state index contributed by atoms with van der Waals surface area (Å²) in [5, 5.41) is 3.05. The van der Waals surface area contributed by atoms with Crippen molar-refractivity contribution in [2.45, 2.75) is 53.6 Å². The molecule has 1 unspecified atom stereocenters. The molecule has 4 rings (SSSR count). The number of aryl methyl sites for hydroxylation is 5. The van der Waals surface area contributed by atoms with Crippen molar-refractivity contribution >= 4 is 16.9 Å². The number of amides is 1. The Kier molecular flexibility index (Phi) is 7.93. The van der Waals surface area contributed by atoms with E-state index in [0.29, 0.717) is 6.61 Å². The highest BCUT2D eigenvalue weighted by atomic mass is 16.5. The summed E-state index contributed by atoms with van der Waals surface area (Å²) in [7, 11) is 0. The predicted octanol–water partition coefficient (Wildman–Crippen LogP) is 6.00. The Hall–Kier alpha value is -3.80. The zero-order chi connectivity index (χ0) is 25.7. The first kappa shape index (κ1) is 25.3. The van der Waals surface area contributed by atoms with Crippen molar-refractivity contribution in [1.82, 2.24) is 14.9 Å². The van der Waals surface area contributed by atoms with E-state index in [9.17, 15) is 4.79 Å². The first-order chi connectivity index (χ1) is 17.3. The zero-order valence-corrected chi connectivity index (χ0v) is 21.8. The van der Waals surface area contributed by atoms with Gasteiger partial charge in [-0.25, -0.2) is 4.98 Å². The van der Waals surface area contributed by atoms with Crippen LogP contribution in [-0.4, -0.2) is 28.7 Å². The number of fused-ring (bicyclic) bond motifs is 1. The molecule has 3 aromatic carbocycles. The van der Waals surface area contributed by atoms with Gasteiger partial charge in [-0.1, -0.05) is 30.3 Å². The predicted molar refractivity (Wildman–Crippen MR) is 144 cm³/mol. The van der Waals surface area contributed by atoms with Gasteiger partial charge in [0.05, 0.1) is 23.7 Å². The number of carbonyl (C=O) groups is 1. The lowest BCUT2D eigenvalue weighted by molar-refractivity contribution is -0.123. The second kappa shape index (κ2) is 11.3. The lowest BCUT2D eigenvalue weighted by Gasteiger charge is -2.17. The Bertz CT molecular complexity index is 1340. The largest absolute Gasteiger partial charge is 0.494 e. The van der Waals surface area contributed by atoms with Crippen molar-refractivity contribution in [3.8, 4) is 11.5 Å². The highest BCUT2D eigenvalue weighted by Crippen LogP contribution is 2.23. The molecule has 1 N–H and O–H groups in total. The summed E-state index contributed by atoms with van der Waals surface area (Å²) in [6, 6.07) is 20.0. The van der Waals surface area contributed by atoms with E-state index in [1.807, 2.05) is 57.2 Å². The van der Waals surface area contributed by atoms with E-state index in [1.165, 1.54) is 11.1 Å². The number of nitrogens with zero attached hydrogens (tertiary/aromatic N) is 2. The average Bonchev–Trinajstić information content (AvgIpc) is 3.20. The minimum absolute atomic E-state index is 0.0430. The number of ether oxygens (including phenoxy) is 2. The third kappa shape index (κ3) is 6.25. The molecule has 0 radical (unpaired) electrons. The van der Waals surface area contributed by atoms with Crippen molar-refractivity contribution in [2.24, 2.45) is 0 Å². The Morgan fingerprint density at radius 2 is 1.69 bits per heavy atom. The maximum atomic E-state index is 12.7. The van der Waals surface area contributed by atoms with Gasteiger partial charge >= 0.3 is 0 Å². The van der Waals surface area contributed by atoms with Gasteiger partial charge in [-0.2, -0.15) is 0 Å². The van der Waals surface area contributed by atoms with Gasteiger partial charge in [0.15, 0.2) is 6.61 Å². The van der Waals surface area contributed by atoms with Gasteiger partial charge < -0.3 is 19.4 Å². The fourth-order valence-corrected chi connectivity index (χ4v) is 4.44. The third-order valence-corrected chi connectivity index (χ3v) is 6.14. The highest BCUT2D eigenvalue weighted by Gasteiger charge is 2.19. The van der Waals surface area contributed by atoms with Crippen LogP contribution in [-0.2, 0) is 11.3 Å². The van der Waals surface area contributed by atoms with Crippen LogP contribution >= 0.6 is 0 Å². The SMILES string of the molecule is Cc1cc(C)cc(OCCCn2c(C(C)NC(=O)COc3cc(C)ccc3C)nc3ccccc32)c1. The number of benzene rings is 3. The molecule has 4 aromatic rings. The van der Waals surface area contributed by atoms with E-state index in [-0.39, 0.29) is 18.6 Å². The molecule has 1 aromatic heterocycles. The normalized spacial score (nSPS) is 11.9. The molecule has 0 bridgehead atoms. The standard InChI is InChI=1S/C30H35N3O3/c1-20-11-12-23(4)28(18-20)36-19-29(34)31-24(5)30-32-26-9-6-7-10-27(26)33(30)13-8-14-35-25-16-21(2)15-22(3)17-25/h6-7,9-12,15-18,24H,8,13-14,19H2,1-5H3,(H,31,34). The van der Waals surface area contributed by atoms with Gasteiger partial charge in [-0.3, -0.25) is 4.79 Å². The number of imidazole rings is 1. The second-order valence-corrected chi connectivity index (χ2v) is 9.48. The van der Waals surface area contributed by atoms with Crippen LogP contribution in [0.25, 0.3) is 11.0 Å². The van der Waals surface area contributed by atoms with Crippen molar-refractivity contribution in [3.63, 3.8) is 0 Å². The Labute approximate surface area is 213 Å². The number of carbonyl (C=O) groups excluding carboxylic acids is 1. The number of aromatic nitrogens is 2. The van der Waals surface area contributed by atoms with Gasteiger partial charge in [0.25, 0.3) is 5.91 Å². The van der Waals surface area contributed by atoms with Gasteiger partial charge in [-0.05, 0) is 93.6 Å². The molecule has 0 aliphatic heterocycles. The average molecular weight is 486 g/mol. The monoisotopic (exact) mass is 485 g/mol. The van der Waals surface area contributed by atoms with E-state index in [0.717, 1.165) is 52.4 Å². The summed E-state index contributed by atoms with van der Waals surface area (Å²) in [4.78, 5) is 17.5. The van der Waals surface area contributed by atoms with Gasteiger partial charge in [-0.15, -0.1) is 0 Å². The molecule has 6 nitrogen and oxygen atoms in total. The number of para-hydroxylation sites is 2. The molecule has 6 heteroatoms. The summed E-state index contributed by atoms with van der Waals surface area (Å²) >= 11 is 0. The highest BCUT2D eigenvalue weighted by molar-refractivity contribution is 5.79. The minimum atomic E-state index is -0.271. The van der Waals surface area contributed by atoms with Crippen LogP contribution in [0.2, 0.25) is 0 Å². The van der Waals surface area contributed by atoms with Gasteiger partial charge in [0.1, 0.15) is 17.3 Å². The third-order valence-electron chi connectivity index (χ3n) is 6.14. The molecule has 0 saturated heterocycles. The molecule has 0 aliphatic rings. The topological polar surface area (TPSA) is 65.4 Å². The summed E-state index contributed by atoms with van der Waals surface area (Å²) in [6.07, 6.45) is 0.816. The first-order valence-corrected chi connectivity index (χ1v) is 12.5. The molecule has 188 valence electrons. The molecule has 0 spiro atoms. The molecule has 36 heavy (non-hydrogen) atoms. The fourth-order valence-electron chi connectivity index (χ4n) is 4.44. The van der Waals surface area contributed by atoms with Crippen molar-refractivity contribution in [1.29, 1.82) is 0 Å². The van der Waals surface area contributed by atoms with E-state index in [1.54, 1.807) is 0 Å². The Morgan fingerprint density at radius 1 is 0.944 bits per heavy atom. The van der Waals surface area contributed by atoms with Crippen LogP contribution in [0, 0.1) is 27.7 Å². The van der Waals surface area contributed by atoms with Crippen LogP contribution in [0.3, 0.4) is 0 Å². The molecule has 0 fully saturated rings. The van der Waals surface area contributed by atoms with E-state index in [2.05, 4.69) is 48.0 Å². The molecule has 0 aliphatic carbocycles. The van der Waals surface area contributed by atoms with Crippen LogP contribution in [0.15, 0.2) is 60.7 Å². The van der Waals surface area contributed by atoms with Crippen molar-refractivity contribution < 1.29 is 14.3 Å². The van der Waals surface area contributed by atoms with Crippen LogP contribution in [0.4, 0.5) is 0 Å². The molecule has 0 saturated carbocycles. The maximum absolute atomic E-state index is 12.7. The smallest absolute Gasteiger partial charge is 0.258 e. The molecular weight excluding hydrogens is 450 g/mol. The summed E-state index contributed by atoms with van der Waals surface area (Å²) < 4.78 is 14.0. The summed E-state index contributed by atoms with van der Waals surface area (Å²) in [5.74, 6) is 2.27. The van der Waals surface area contributed by atoms with Crippen molar-refractivity contribution in [3.05, 3.63) is 88.7 Å². The summed E-state index contributed by atoms with van der Waals surface area (Å²) in [6.45, 7) is 11.4. The first-order valence-electron chi connectivity index (χ1n) is 12.5. The quantitative estimate of drug-likeness (QED) is 0.280. The minimum Gasteiger partial charge on any atom is -0.494 e. The molecule has 1 heterocycles. The van der Waals surface area contributed by atoms with Crippen molar-refractivity contribution in [2.75, 3.05) is 13.2 Å². The van der Waals surface area contributed by atoms with Gasteiger partial charge in [0.2, 0.25) is 0 Å². The number of hydrogen-bond donors (Lipinski definition) is 1. The number of nitrogens with one attached hydrogen (secondary N) is 1. The molecule has 1 atom stereocenters.